The SMILES string of the molecule is CCOC(=O)c1c(NC(=O)C(=O)N/N=C/c2ccc(OCc3ccccc3F)c(OC)c2)sc2c1CCC2. The number of benzene rings is 2. The number of amides is 2. The van der Waals surface area contributed by atoms with E-state index in [1.54, 1.807) is 43.3 Å². The van der Waals surface area contributed by atoms with Crippen molar-refractivity contribution in [2.45, 2.75) is 32.8 Å². The first-order valence-electron chi connectivity index (χ1n) is 11.9. The average Bonchev–Trinajstić information content (AvgIpc) is 3.49. The van der Waals surface area contributed by atoms with Crippen molar-refractivity contribution in [2.24, 2.45) is 5.10 Å². The summed E-state index contributed by atoms with van der Waals surface area (Å²) in [6.07, 6.45) is 3.80. The summed E-state index contributed by atoms with van der Waals surface area (Å²) in [4.78, 5) is 38.2. The van der Waals surface area contributed by atoms with Crippen molar-refractivity contribution >= 4 is 40.3 Å². The molecule has 1 aliphatic carbocycles. The number of hydrazone groups is 1. The van der Waals surface area contributed by atoms with E-state index in [2.05, 4.69) is 15.8 Å². The summed E-state index contributed by atoms with van der Waals surface area (Å²) in [5.74, 6) is -2.06. The highest BCUT2D eigenvalue weighted by atomic mass is 32.1. The maximum atomic E-state index is 13.8. The van der Waals surface area contributed by atoms with Gasteiger partial charge >= 0.3 is 17.8 Å². The molecule has 2 aromatic carbocycles. The molecule has 0 saturated heterocycles. The van der Waals surface area contributed by atoms with Crippen molar-refractivity contribution in [3.8, 4) is 11.5 Å². The minimum Gasteiger partial charge on any atom is -0.493 e. The van der Waals surface area contributed by atoms with Crippen LogP contribution in [-0.2, 0) is 33.8 Å². The number of rotatable bonds is 9. The van der Waals surface area contributed by atoms with E-state index in [0.717, 1.165) is 29.7 Å². The first-order valence-corrected chi connectivity index (χ1v) is 12.7. The highest BCUT2D eigenvalue weighted by Gasteiger charge is 2.29. The Kier molecular flexibility index (Phi) is 8.70. The van der Waals surface area contributed by atoms with Gasteiger partial charge in [-0.2, -0.15) is 5.10 Å². The molecule has 1 aromatic heterocycles. The third kappa shape index (κ3) is 6.17. The Morgan fingerprint density at radius 3 is 2.68 bits per heavy atom. The summed E-state index contributed by atoms with van der Waals surface area (Å²) in [7, 11) is 1.46. The Hall–Kier alpha value is -4.25. The molecule has 9 nitrogen and oxygen atoms in total. The Morgan fingerprint density at radius 2 is 1.92 bits per heavy atom. The van der Waals surface area contributed by atoms with Gasteiger partial charge in [0.05, 0.1) is 25.5 Å². The summed E-state index contributed by atoms with van der Waals surface area (Å²) < 4.78 is 30.0. The minimum absolute atomic E-state index is 0.0206. The van der Waals surface area contributed by atoms with Crippen LogP contribution >= 0.6 is 11.3 Å². The number of carbonyl (C=O) groups excluding carboxylic acids is 3. The molecule has 3 aromatic rings. The van der Waals surface area contributed by atoms with Gasteiger partial charge in [-0.25, -0.2) is 14.6 Å². The van der Waals surface area contributed by atoms with Crippen molar-refractivity contribution in [3.05, 3.63) is 75.4 Å². The van der Waals surface area contributed by atoms with Gasteiger partial charge in [0.15, 0.2) is 11.5 Å². The van der Waals surface area contributed by atoms with Crippen molar-refractivity contribution in [1.82, 2.24) is 5.43 Å². The van der Waals surface area contributed by atoms with Gasteiger partial charge in [0.2, 0.25) is 0 Å². The summed E-state index contributed by atoms with van der Waals surface area (Å²) in [6, 6.07) is 11.2. The van der Waals surface area contributed by atoms with Crippen molar-refractivity contribution in [3.63, 3.8) is 0 Å². The summed E-state index contributed by atoms with van der Waals surface area (Å²) in [6.45, 7) is 1.93. The predicted molar refractivity (Wildman–Crippen MR) is 140 cm³/mol. The molecule has 11 heteroatoms. The number of halogens is 1. The molecule has 4 rings (SSSR count). The second-order valence-electron chi connectivity index (χ2n) is 8.23. The number of hydrogen-bond acceptors (Lipinski definition) is 8. The fraction of sp³-hybridized carbons (Fsp3) is 0.259. The first kappa shape index (κ1) is 26.8. The zero-order chi connectivity index (χ0) is 27.1. The van der Waals surface area contributed by atoms with Crippen LogP contribution in [0.1, 0.15) is 45.3 Å². The van der Waals surface area contributed by atoms with E-state index in [4.69, 9.17) is 14.2 Å². The number of ether oxygens (including phenoxy) is 3. The summed E-state index contributed by atoms with van der Waals surface area (Å²) >= 11 is 1.28. The minimum atomic E-state index is -0.999. The Bertz CT molecular complexity index is 1390. The Balaban J connectivity index is 1.36. The van der Waals surface area contributed by atoms with Crippen LogP contribution in [0.25, 0.3) is 0 Å². The third-order valence-electron chi connectivity index (χ3n) is 5.74. The molecule has 0 radical (unpaired) electrons. The normalized spacial score (nSPS) is 12.2. The molecule has 198 valence electrons. The lowest BCUT2D eigenvalue weighted by Crippen LogP contribution is -2.32. The van der Waals surface area contributed by atoms with Gasteiger partial charge < -0.3 is 19.5 Å². The fourth-order valence-corrected chi connectivity index (χ4v) is 5.21. The zero-order valence-electron chi connectivity index (χ0n) is 20.8. The number of anilines is 1. The molecule has 1 heterocycles. The molecule has 0 atom stereocenters. The molecular weight excluding hydrogens is 513 g/mol. The van der Waals surface area contributed by atoms with Gasteiger partial charge in [-0.1, -0.05) is 18.2 Å². The number of nitrogens with zero attached hydrogens (tertiary/aromatic N) is 1. The lowest BCUT2D eigenvalue weighted by Gasteiger charge is -2.11. The molecule has 2 amide bonds. The topological polar surface area (TPSA) is 115 Å². The van der Waals surface area contributed by atoms with Crippen LogP contribution in [0.2, 0.25) is 0 Å². The van der Waals surface area contributed by atoms with Crippen LogP contribution in [-0.4, -0.2) is 37.7 Å². The molecule has 38 heavy (non-hydrogen) atoms. The smallest absolute Gasteiger partial charge is 0.341 e. The highest BCUT2D eigenvalue weighted by Crippen LogP contribution is 2.39. The number of carbonyl (C=O) groups is 3. The molecule has 0 spiro atoms. The van der Waals surface area contributed by atoms with E-state index < -0.39 is 17.8 Å². The Morgan fingerprint density at radius 1 is 1.11 bits per heavy atom. The van der Waals surface area contributed by atoms with Crippen LogP contribution in [0, 0.1) is 5.82 Å². The highest BCUT2D eigenvalue weighted by molar-refractivity contribution is 7.17. The number of fused-ring (bicyclic) bond motifs is 1. The number of esters is 1. The van der Waals surface area contributed by atoms with Gasteiger partial charge in [0.25, 0.3) is 0 Å². The van der Waals surface area contributed by atoms with Crippen LogP contribution in [0.5, 0.6) is 11.5 Å². The zero-order valence-corrected chi connectivity index (χ0v) is 21.7. The Labute approximate surface area is 222 Å². The van der Waals surface area contributed by atoms with E-state index in [-0.39, 0.29) is 19.0 Å². The van der Waals surface area contributed by atoms with Gasteiger partial charge in [0.1, 0.15) is 17.4 Å². The van der Waals surface area contributed by atoms with Gasteiger partial charge in [-0.3, -0.25) is 9.59 Å². The van der Waals surface area contributed by atoms with Gasteiger partial charge in [-0.15, -0.1) is 11.3 Å². The second-order valence-corrected chi connectivity index (χ2v) is 9.33. The number of aryl methyl sites for hydroxylation is 1. The molecule has 0 unspecified atom stereocenters. The van der Waals surface area contributed by atoms with Crippen LogP contribution in [0.15, 0.2) is 47.6 Å². The maximum Gasteiger partial charge on any atom is 0.341 e. The number of nitrogens with one attached hydrogen (secondary N) is 2. The van der Waals surface area contributed by atoms with E-state index in [9.17, 15) is 18.8 Å². The number of thiophene rings is 1. The molecule has 0 saturated carbocycles. The first-order chi connectivity index (χ1) is 18.4. The number of methoxy groups -OCH3 is 1. The van der Waals surface area contributed by atoms with E-state index in [1.807, 2.05) is 0 Å². The second kappa shape index (κ2) is 12.3. The standard InChI is InChI=1S/C27H26FN3O6S/c1-3-36-27(34)23-18-8-6-10-22(18)38-26(23)30-24(32)25(33)31-29-14-16-11-12-20(21(13-16)35-2)37-15-17-7-4-5-9-19(17)28/h4-5,7,9,11-14H,3,6,8,10,15H2,1-2H3,(H,30,32)(H,31,33)/b29-14+. The lowest BCUT2D eigenvalue weighted by molar-refractivity contribution is -0.136. The molecule has 0 fully saturated rings. The van der Waals surface area contributed by atoms with Gasteiger partial charge in [0, 0.05) is 10.4 Å². The summed E-state index contributed by atoms with van der Waals surface area (Å²) in [5, 5.41) is 6.65. The van der Waals surface area contributed by atoms with Gasteiger partial charge in [-0.05, 0) is 61.6 Å². The predicted octanol–water partition coefficient (Wildman–Crippen LogP) is 4.23. The average molecular weight is 540 g/mol. The monoisotopic (exact) mass is 539 g/mol. The van der Waals surface area contributed by atoms with Crippen LogP contribution in [0.4, 0.5) is 9.39 Å². The van der Waals surface area contributed by atoms with E-state index in [0.29, 0.717) is 33.2 Å². The number of hydrogen-bond donors (Lipinski definition) is 2. The molecular formula is C27H26FN3O6S. The van der Waals surface area contributed by atoms with Crippen LogP contribution in [0.3, 0.4) is 0 Å². The quantitative estimate of drug-likeness (QED) is 0.182. The van der Waals surface area contributed by atoms with Crippen molar-refractivity contribution < 1.29 is 33.0 Å². The fourth-order valence-electron chi connectivity index (χ4n) is 3.94. The molecule has 2 N–H and O–H groups in total. The molecule has 1 aliphatic rings. The lowest BCUT2D eigenvalue weighted by atomic mass is 10.1. The van der Waals surface area contributed by atoms with Crippen LogP contribution < -0.4 is 20.2 Å². The molecule has 0 aliphatic heterocycles. The molecule has 0 bridgehead atoms. The summed E-state index contributed by atoms with van der Waals surface area (Å²) in [5.41, 5.74) is 4.32. The van der Waals surface area contributed by atoms with E-state index >= 15 is 0 Å². The van der Waals surface area contributed by atoms with E-state index in [1.165, 1.54) is 30.7 Å². The third-order valence-corrected chi connectivity index (χ3v) is 6.95. The largest absolute Gasteiger partial charge is 0.493 e. The maximum absolute atomic E-state index is 13.8. The van der Waals surface area contributed by atoms with Crippen molar-refractivity contribution in [1.29, 1.82) is 0 Å². The van der Waals surface area contributed by atoms with Crippen molar-refractivity contribution in [2.75, 3.05) is 19.0 Å².